The fraction of sp³-hybridized carbons (Fsp3) is 0.433. The molecule has 0 atom stereocenters. The number of nitrogens with one attached hydrogen (secondary N) is 1. The number of piperidine rings is 1. The first kappa shape index (κ1) is 28.8. The van der Waals surface area contributed by atoms with E-state index in [9.17, 15) is 18.0 Å². The molecule has 0 unspecified atom stereocenters. The number of halogens is 3. The Bertz CT molecular complexity index is 1340. The lowest BCUT2D eigenvalue weighted by Crippen LogP contribution is -2.44. The fourth-order valence-corrected chi connectivity index (χ4v) is 5.18. The average Bonchev–Trinajstić information content (AvgIpc) is 2.96. The highest BCUT2D eigenvalue weighted by Gasteiger charge is 2.34. The van der Waals surface area contributed by atoms with Crippen LogP contribution in [0, 0.1) is 6.92 Å². The van der Waals surface area contributed by atoms with Crippen molar-refractivity contribution in [1.82, 2.24) is 19.8 Å². The summed E-state index contributed by atoms with van der Waals surface area (Å²) in [7, 11) is 2.00. The van der Waals surface area contributed by atoms with Gasteiger partial charge in [0.15, 0.2) is 0 Å². The number of hydrogen-bond donors (Lipinski definition) is 1. The molecule has 0 bridgehead atoms. The van der Waals surface area contributed by atoms with E-state index in [0.717, 1.165) is 50.7 Å². The molecule has 2 aliphatic rings. The van der Waals surface area contributed by atoms with Crippen LogP contribution in [0.3, 0.4) is 0 Å². The van der Waals surface area contributed by atoms with Gasteiger partial charge in [-0.2, -0.15) is 13.2 Å². The second kappa shape index (κ2) is 12.4. The van der Waals surface area contributed by atoms with Crippen molar-refractivity contribution in [2.24, 2.45) is 0 Å². The molecule has 218 valence electrons. The van der Waals surface area contributed by atoms with E-state index < -0.39 is 17.6 Å². The maximum Gasteiger partial charge on any atom is 0.416 e. The summed E-state index contributed by atoms with van der Waals surface area (Å²) >= 11 is 0. The number of carbonyl (C=O) groups excluding carboxylic acids is 1. The summed E-state index contributed by atoms with van der Waals surface area (Å²) in [5.41, 5.74) is 0.724. The van der Waals surface area contributed by atoms with Crippen LogP contribution in [0.4, 0.5) is 24.8 Å². The Balaban J connectivity index is 1.24. The van der Waals surface area contributed by atoms with Gasteiger partial charge >= 0.3 is 6.18 Å². The second-order valence-corrected chi connectivity index (χ2v) is 10.7. The number of ether oxygens (including phenoxy) is 1. The standard InChI is InChI=1S/C30H35F3N6O2/c1-21-4-7-24(19-27(21)41-25-8-12-39(13-9-25)29-34-10-3-11-35-29)36-28(40)22-5-6-23(26(18-22)30(31,32)33)20-38-16-14-37(2)15-17-38/h3-7,10-11,18-19,25H,8-9,12-17,20H2,1-2H3,(H,36,40). The summed E-state index contributed by atoms with van der Waals surface area (Å²) in [5, 5.41) is 2.75. The number of aromatic nitrogens is 2. The van der Waals surface area contributed by atoms with Crippen LogP contribution in [-0.4, -0.2) is 78.1 Å². The zero-order valence-electron chi connectivity index (χ0n) is 23.3. The maximum absolute atomic E-state index is 14.0. The molecule has 2 saturated heterocycles. The molecule has 2 aliphatic heterocycles. The minimum atomic E-state index is -4.56. The first-order valence-electron chi connectivity index (χ1n) is 13.9. The molecule has 1 N–H and O–H groups in total. The number of likely N-dealkylation sites (N-methyl/N-ethyl adjacent to an activating group) is 1. The van der Waals surface area contributed by atoms with Gasteiger partial charge in [0, 0.05) is 88.4 Å². The highest BCUT2D eigenvalue weighted by atomic mass is 19.4. The number of carbonyl (C=O) groups is 1. The van der Waals surface area contributed by atoms with Gasteiger partial charge < -0.3 is 19.9 Å². The van der Waals surface area contributed by atoms with Gasteiger partial charge in [-0.15, -0.1) is 0 Å². The molecule has 8 nitrogen and oxygen atoms in total. The first-order valence-corrected chi connectivity index (χ1v) is 13.9. The Morgan fingerprint density at radius 2 is 1.71 bits per heavy atom. The number of anilines is 2. The molecule has 11 heteroatoms. The highest BCUT2D eigenvalue weighted by molar-refractivity contribution is 6.04. The minimum absolute atomic E-state index is 0.0122. The molecule has 3 heterocycles. The number of rotatable bonds is 7. The third-order valence-electron chi connectivity index (χ3n) is 7.68. The van der Waals surface area contributed by atoms with Gasteiger partial charge in [-0.1, -0.05) is 12.1 Å². The van der Waals surface area contributed by atoms with E-state index in [4.69, 9.17) is 4.74 Å². The molecule has 5 rings (SSSR count). The van der Waals surface area contributed by atoms with E-state index in [0.29, 0.717) is 30.5 Å². The topological polar surface area (TPSA) is 73.8 Å². The van der Waals surface area contributed by atoms with Crippen molar-refractivity contribution in [2.45, 2.75) is 38.6 Å². The molecule has 0 spiro atoms. The predicted octanol–water partition coefficient (Wildman–Crippen LogP) is 4.85. The van der Waals surface area contributed by atoms with E-state index in [2.05, 4.69) is 25.1 Å². The average molecular weight is 569 g/mol. The van der Waals surface area contributed by atoms with Crippen LogP contribution in [0.2, 0.25) is 0 Å². The van der Waals surface area contributed by atoms with Gasteiger partial charge in [0.2, 0.25) is 5.95 Å². The Labute approximate surface area is 238 Å². The number of amides is 1. The number of nitrogens with zero attached hydrogens (tertiary/aromatic N) is 5. The van der Waals surface area contributed by atoms with Gasteiger partial charge in [0.25, 0.3) is 5.91 Å². The van der Waals surface area contributed by atoms with Crippen LogP contribution in [0.5, 0.6) is 5.75 Å². The quantitative estimate of drug-likeness (QED) is 0.437. The SMILES string of the molecule is Cc1ccc(NC(=O)c2ccc(CN3CCN(C)CC3)c(C(F)(F)F)c2)cc1OC1CCN(c2ncccn2)CC1. The second-order valence-electron chi connectivity index (χ2n) is 10.7. The molecule has 0 saturated carbocycles. The van der Waals surface area contributed by atoms with Crippen LogP contribution in [0.1, 0.15) is 39.9 Å². The maximum atomic E-state index is 14.0. The van der Waals surface area contributed by atoms with Crippen molar-refractivity contribution < 1.29 is 22.7 Å². The number of alkyl halides is 3. The Morgan fingerprint density at radius 3 is 2.39 bits per heavy atom. The third kappa shape index (κ3) is 7.34. The van der Waals surface area contributed by atoms with Gasteiger partial charge in [0.1, 0.15) is 11.9 Å². The van der Waals surface area contributed by atoms with Crippen LogP contribution in [0.25, 0.3) is 0 Å². The Morgan fingerprint density at radius 1 is 1.00 bits per heavy atom. The van der Waals surface area contributed by atoms with Crippen molar-refractivity contribution in [2.75, 3.05) is 56.5 Å². The first-order chi connectivity index (χ1) is 19.7. The molecular weight excluding hydrogens is 533 g/mol. The fourth-order valence-electron chi connectivity index (χ4n) is 5.18. The van der Waals surface area contributed by atoms with Crippen molar-refractivity contribution in [3.8, 4) is 5.75 Å². The van der Waals surface area contributed by atoms with Crippen LogP contribution >= 0.6 is 0 Å². The van der Waals surface area contributed by atoms with E-state index in [1.54, 1.807) is 30.6 Å². The van der Waals surface area contributed by atoms with Crippen LogP contribution < -0.4 is 15.0 Å². The number of benzene rings is 2. The molecule has 2 fully saturated rings. The summed E-state index contributed by atoms with van der Waals surface area (Å²) < 4.78 is 48.3. The summed E-state index contributed by atoms with van der Waals surface area (Å²) in [6.07, 6.45) is 0.443. The lowest BCUT2D eigenvalue weighted by molar-refractivity contribution is -0.138. The van der Waals surface area contributed by atoms with Crippen LogP contribution in [-0.2, 0) is 12.7 Å². The van der Waals surface area contributed by atoms with Gasteiger partial charge in [0.05, 0.1) is 5.56 Å². The van der Waals surface area contributed by atoms with E-state index in [1.165, 1.54) is 12.1 Å². The summed E-state index contributed by atoms with van der Waals surface area (Å²) in [4.78, 5) is 27.9. The summed E-state index contributed by atoms with van der Waals surface area (Å²) in [6, 6.07) is 10.9. The van der Waals surface area contributed by atoms with Crippen molar-refractivity contribution in [1.29, 1.82) is 0 Å². The molecule has 1 aromatic heterocycles. The Kier molecular flexibility index (Phi) is 8.74. The largest absolute Gasteiger partial charge is 0.490 e. The normalized spacial score (nSPS) is 17.4. The third-order valence-corrected chi connectivity index (χ3v) is 7.68. The predicted molar refractivity (Wildman–Crippen MR) is 151 cm³/mol. The van der Waals surface area contributed by atoms with Crippen molar-refractivity contribution >= 4 is 17.5 Å². The van der Waals surface area contributed by atoms with Gasteiger partial charge in [-0.25, -0.2) is 9.97 Å². The molecular formula is C30H35F3N6O2. The van der Waals surface area contributed by atoms with E-state index in [1.807, 2.05) is 24.9 Å². The monoisotopic (exact) mass is 568 g/mol. The summed E-state index contributed by atoms with van der Waals surface area (Å²) in [6.45, 7) is 6.66. The van der Waals surface area contributed by atoms with Crippen molar-refractivity contribution in [3.05, 3.63) is 77.1 Å². The lowest BCUT2D eigenvalue weighted by Gasteiger charge is -2.33. The van der Waals surface area contributed by atoms with E-state index >= 15 is 0 Å². The number of aryl methyl sites for hydroxylation is 1. The Hall–Kier alpha value is -3.70. The molecule has 3 aromatic rings. The zero-order valence-corrected chi connectivity index (χ0v) is 23.3. The lowest BCUT2D eigenvalue weighted by atomic mass is 10.0. The van der Waals surface area contributed by atoms with Crippen molar-refractivity contribution in [3.63, 3.8) is 0 Å². The zero-order chi connectivity index (χ0) is 29.0. The smallest absolute Gasteiger partial charge is 0.416 e. The summed E-state index contributed by atoms with van der Waals surface area (Å²) in [5.74, 6) is 0.733. The molecule has 0 radical (unpaired) electrons. The van der Waals surface area contributed by atoms with Crippen LogP contribution in [0.15, 0.2) is 54.9 Å². The molecule has 2 aromatic carbocycles. The van der Waals surface area contributed by atoms with Gasteiger partial charge in [-0.05, 0) is 49.4 Å². The number of piperazine rings is 1. The van der Waals surface area contributed by atoms with E-state index in [-0.39, 0.29) is 23.8 Å². The number of hydrogen-bond acceptors (Lipinski definition) is 7. The van der Waals surface area contributed by atoms with Gasteiger partial charge in [-0.3, -0.25) is 9.69 Å². The molecule has 0 aliphatic carbocycles. The molecule has 41 heavy (non-hydrogen) atoms. The minimum Gasteiger partial charge on any atom is -0.490 e. The molecule has 1 amide bonds. The highest BCUT2D eigenvalue weighted by Crippen LogP contribution is 2.34.